The van der Waals surface area contributed by atoms with E-state index in [9.17, 15) is 4.79 Å². The van der Waals surface area contributed by atoms with Gasteiger partial charge in [-0.1, -0.05) is 31.6 Å². The minimum Gasteiger partial charge on any atom is -0.465 e. The second-order valence-electron chi connectivity index (χ2n) is 3.84. The highest BCUT2D eigenvalue weighted by Gasteiger charge is 2.14. The average molecular weight is 242 g/mol. The van der Waals surface area contributed by atoms with Crippen molar-refractivity contribution in [2.45, 2.75) is 33.2 Å². The molecule has 2 atom stereocenters. The summed E-state index contributed by atoms with van der Waals surface area (Å²) in [6, 6.07) is 0.349. The number of nitrogens with zero attached hydrogens (tertiary/aromatic N) is 1. The number of carbonyl (C=O) groups is 1. The van der Waals surface area contributed by atoms with E-state index < -0.39 is 0 Å². The van der Waals surface area contributed by atoms with Gasteiger partial charge in [0.2, 0.25) is 0 Å². The third-order valence-electron chi connectivity index (χ3n) is 2.74. The number of rotatable bonds is 5. The summed E-state index contributed by atoms with van der Waals surface area (Å²) in [6.45, 7) is 6.46. The van der Waals surface area contributed by atoms with Crippen LogP contribution in [-0.4, -0.2) is 24.1 Å². The molecule has 1 heterocycles. The Balaban J connectivity index is 2.61. The van der Waals surface area contributed by atoms with Gasteiger partial charge in [-0.05, 0) is 12.8 Å². The van der Waals surface area contributed by atoms with E-state index in [4.69, 9.17) is 0 Å². The highest BCUT2D eigenvalue weighted by molar-refractivity contribution is 7.17. The summed E-state index contributed by atoms with van der Waals surface area (Å²) in [5.74, 6) is 0.243. The number of nitrogens with one attached hydrogen (secondary N) is 1. The molecule has 0 spiro atoms. The molecule has 1 N–H and O–H groups in total. The molecule has 0 bridgehead atoms. The van der Waals surface area contributed by atoms with E-state index in [1.807, 2.05) is 0 Å². The van der Waals surface area contributed by atoms with Gasteiger partial charge in [0.15, 0.2) is 5.13 Å². The fraction of sp³-hybridized carbons (Fsp3) is 0.636. The van der Waals surface area contributed by atoms with Crippen LogP contribution in [-0.2, 0) is 4.74 Å². The predicted octanol–water partition coefficient (Wildman–Crippen LogP) is 2.78. The number of hydrogen-bond donors (Lipinski definition) is 1. The van der Waals surface area contributed by atoms with Gasteiger partial charge in [0, 0.05) is 6.04 Å². The summed E-state index contributed by atoms with van der Waals surface area (Å²) >= 11 is 1.33. The van der Waals surface area contributed by atoms with Crippen LogP contribution in [0.4, 0.5) is 5.13 Å². The van der Waals surface area contributed by atoms with Crippen LogP contribution >= 0.6 is 11.3 Å². The summed E-state index contributed by atoms with van der Waals surface area (Å²) in [7, 11) is 1.37. The number of ether oxygens (including phenoxy) is 1. The number of esters is 1. The first-order chi connectivity index (χ1) is 7.58. The van der Waals surface area contributed by atoms with E-state index in [1.165, 1.54) is 18.4 Å². The van der Waals surface area contributed by atoms with Crippen molar-refractivity contribution < 1.29 is 9.53 Å². The van der Waals surface area contributed by atoms with Gasteiger partial charge >= 0.3 is 5.97 Å². The molecule has 0 fully saturated rings. The quantitative estimate of drug-likeness (QED) is 0.807. The molecule has 0 saturated heterocycles. The Morgan fingerprint density at radius 3 is 2.88 bits per heavy atom. The second kappa shape index (κ2) is 5.84. The van der Waals surface area contributed by atoms with Gasteiger partial charge in [-0.25, -0.2) is 9.78 Å². The summed E-state index contributed by atoms with van der Waals surface area (Å²) in [5.41, 5.74) is 0. The molecule has 2 unspecified atom stereocenters. The van der Waals surface area contributed by atoms with Gasteiger partial charge in [0.05, 0.1) is 13.3 Å². The lowest BCUT2D eigenvalue weighted by Gasteiger charge is -2.18. The molecule has 0 aromatic carbocycles. The number of methoxy groups -OCH3 is 1. The Hall–Kier alpha value is -1.10. The van der Waals surface area contributed by atoms with Crippen LogP contribution in [0.25, 0.3) is 0 Å². The van der Waals surface area contributed by atoms with E-state index in [-0.39, 0.29) is 5.97 Å². The summed E-state index contributed by atoms with van der Waals surface area (Å²) < 4.78 is 4.63. The van der Waals surface area contributed by atoms with Crippen LogP contribution in [0.5, 0.6) is 0 Å². The third kappa shape index (κ3) is 3.20. The number of anilines is 1. The van der Waals surface area contributed by atoms with Crippen molar-refractivity contribution in [1.29, 1.82) is 0 Å². The molecule has 0 aliphatic rings. The van der Waals surface area contributed by atoms with E-state index in [2.05, 4.69) is 35.8 Å². The van der Waals surface area contributed by atoms with Crippen LogP contribution in [0, 0.1) is 5.92 Å². The largest absolute Gasteiger partial charge is 0.465 e. The molecule has 5 heteroatoms. The number of aromatic nitrogens is 1. The number of thiazole rings is 1. The molecule has 1 aromatic heterocycles. The molecule has 1 rings (SSSR count). The normalized spacial score (nSPS) is 14.2. The molecule has 90 valence electrons. The maximum atomic E-state index is 11.2. The number of hydrogen-bond acceptors (Lipinski definition) is 5. The lowest BCUT2D eigenvalue weighted by Crippen LogP contribution is -2.22. The Kier molecular flexibility index (Phi) is 4.73. The van der Waals surface area contributed by atoms with Crippen molar-refractivity contribution in [1.82, 2.24) is 4.98 Å². The van der Waals surface area contributed by atoms with Gasteiger partial charge in [-0.3, -0.25) is 0 Å². The molecule has 4 nitrogen and oxygen atoms in total. The molecule has 1 aromatic rings. The van der Waals surface area contributed by atoms with Crippen molar-refractivity contribution in [3.8, 4) is 0 Å². The van der Waals surface area contributed by atoms with Crippen molar-refractivity contribution in [2.75, 3.05) is 12.4 Å². The first-order valence-electron chi connectivity index (χ1n) is 5.39. The third-order valence-corrected chi connectivity index (χ3v) is 3.65. The Labute approximate surface area is 100 Å². The van der Waals surface area contributed by atoms with Gasteiger partial charge < -0.3 is 10.1 Å². The van der Waals surface area contributed by atoms with Crippen LogP contribution in [0.15, 0.2) is 6.20 Å². The predicted molar refractivity (Wildman–Crippen MR) is 66.0 cm³/mol. The van der Waals surface area contributed by atoms with Gasteiger partial charge in [0.1, 0.15) is 4.88 Å². The van der Waals surface area contributed by atoms with Crippen molar-refractivity contribution >= 4 is 22.4 Å². The molecule has 0 saturated carbocycles. The molecular formula is C11H18N2O2S. The topological polar surface area (TPSA) is 51.2 Å². The Morgan fingerprint density at radius 2 is 2.31 bits per heavy atom. The maximum absolute atomic E-state index is 11.2. The Morgan fingerprint density at radius 1 is 1.62 bits per heavy atom. The van der Waals surface area contributed by atoms with E-state index in [0.717, 1.165) is 11.6 Å². The minimum absolute atomic E-state index is 0.332. The van der Waals surface area contributed by atoms with Crippen molar-refractivity contribution in [2.24, 2.45) is 5.92 Å². The van der Waals surface area contributed by atoms with E-state index in [0.29, 0.717) is 16.8 Å². The van der Waals surface area contributed by atoms with Gasteiger partial charge in [-0.2, -0.15) is 0 Å². The van der Waals surface area contributed by atoms with Gasteiger partial charge in [-0.15, -0.1) is 0 Å². The highest BCUT2D eigenvalue weighted by atomic mass is 32.1. The highest BCUT2D eigenvalue weighted by Crippen LogP contribution is 2.21. The molecule has 0 amide bonds. The smallest absolute Gasteiger partial charge is 0.349 e. The zero-order valence-corrected chi connectivity index (χ0v) is 10.9. The number of carbonyl (C=O) groups excluding carboxylic acids is 1. The van der Waals surface area contributed by atoms with Crippen molar-refractivity contribution in [3.63, 3.8) is 0 Å². The second-order valence-corrected chi connectivity index (χ2v) is 4.87. The molecule has 0 aliphatic heterocycles. The fourth-order valence-electron chi connectivity index (χ4n) is 1.23. The first kappa shape index (κ1) is 13.0. The zero-order valence-electron chi connectivity index (χ0n) is 10.1. The minimum atomic E-state index is -0.332. The van der Waals surface area contributed by atoms with Gasteiger partial charge in [0.25, 0.3) is 0 Å². The SMILES string of the molecule is CCC(C)C(C)Nc1ncc(C(=O)OC)s1. The zero-order chi connectivity index (χ0) is 12.1. The monoisotopic (exact) mass is 242 g/mol. The fourth-order valence-corrected chi connectivity index (χ4v) is 2.06. The lowest BCUT2D eigenvalue weighted by molar-refractivity contribution is 0.0606. The van der Waals surface area contributed by atoms with E-state index >= 15 is 0 Å². The van der Waals surface area contributed by atoms with E-state index in [1.54, 1.807) is 6.20 Å². The lowest BCUT2D eigenvalue weighted by atomic mass is 10.0. The average Bonchev–Trinajstić information content (AvgIpc) is 2.75. The van der Waals surface area contributed by atoms with Crippen LogP contribution in [0.3, 0.4) is 0 Å². The molecule has 0 radical (unpaired) electrons. The summed E-state index contributed by atoms with van der Waals surface area (Å²) in [6.07, 6.45) is 2.66. The van der Waals surface area contributed by atoms with Crippen LogP contribution < -0.4 is 5.32 Å². The Bertz CT molecular complexity index is 352. The van der Waals surface area contributed by atoms with Crippen LogP contribution in [0.1, 0.15) is 36.9 Å². The summed E-state index contributed by atoms with van der Waals surface area (Å²) in [5, 5.41) is 4.06. The maximum Gasteiger partial charge on any atom is 0.349 e. The first-order valence-corrected chi connectivity index (χ1v) is 6.20. The van der Waals surface area contributed by atoms with Crippen molar-refractivity contribution in [3.05, 3.63) is 11.1 Å². The van der Waals surface area contributed by atoms with Crippen LogP contribution in [0.2, 0.25) is 0 Å². The molecule has 16 heavy (non-hydrogen) atoms. The standard InChI is InChI=1S/C11H18N2O2S/c1-5-7(2)8(3)13-11-12-6-9(16-11)10(14)15-4/h6-8H,5H2,1-4H3,(H,12,13). The molecule has 0 aliphatic carbocycles. The molecular weight excluding hydrogens is 224 g/mol. The summed E-state index contributed by atoms with van der Waals surface area (Å²) in [4.78, 5) is 15.9.